The van der Waals surface area contributed by atoms with Crippen LogP contribution in [0.1, 0.15) is 25.7 Å². The number of rotatable bonds is 6. The Morgan fingerprint density at radius 2 is 2.14 bits per heavy atom. The molecule has 1 fully saturated rings. The lowest BCUT2D eigenvalue weighted by molar-refractivity contribution is -0.125. The molecule has 1 aliphatic heterocycles. The van der Waals surface area contributed by atoms with Gasteiger partial charge in [-0.15, -0.1) is 0 Å². The van der Waals surface area contributed by atoms with Crippen LogP contribution in [-0.2, 0) is 9.59 Å². The Balaban J connectivity index is 1.59. The zero-order chi connectivity index (χ0) is 15.1. The summed E-state index contributed by atoms with van der Waals surface area (Å²) in [6.07, 6.45) is 2.30. The number of hydrogen-bond donors (Lipinski definition) is 2. The van der Waals surface area contributed by atoms with Crippen molar-refractivity contribution in [2.24, 2.45) is 0 Å². The molecule has 114 valence electrons. The van der Waals surface area contributed by atoms with E-state index in [0.717, 1.165) is 10.2 Å². The lowest BCUT2D eigenvalue weighted by Crippen LogP contribution is -2.47. The lowest BCUT2D eigenvalue weighted by atomic mass is 10.1. The number of amides is 2. The monoisotopic (exact) mass is 354 g/mol. The molecule has 0 bridgehead atoms. The van der Waals surface area contributed by atoms with Crippen LogP contribution in [0, 0.1) is 0 Å². The molecule has 1 unspecified atom stereocenters. The SMILES string of the molecule is O=C1CCC(NC(=O)CCCOc2ccc(Br)cc2)CN1. The molecule has 1 saturated heterocycles. The predicted molar refractivity (Wildman–Crippen MR) is 83.0 cm³/mol. The molecule has 1 aliphatic rings. The average molecular weight is 355 g/mol. The van der Waals surface area contributed by atoms with Gasteiger partial charge >= 0.3 is 0 Å². The minimum absolute atomic E-state index is 0.00977. The van der Waals surface area contributed by atoms with Gasteiger partial charge in [0, 0.05) is 29.9 Å². The maximum Gasteiger partial charge on any atom is 0.220 e. The molecule has 2 rings (SSSR count). The number of benzene rings is 1. The first-order valence-corrected chi connectivity index (χ1v) is 7.87. The van der Waals surface area contributed by atoms with E-state index in [4.69, 9.17) is 4.74 Å². The molecule has 0 spiro atoms. The molecule has 0 aromatic heterocycles. The van der Waals surface area contributed by atoms with Gasteiger partial charge in [-0.25, -0.2) is 0 Å². The van der Waals surface area contributed by atoms with Gasteiger partial charge in [0.2, 0.25) is 11.8 Å². The molecule has 0 aliphatic carbocycles. The van der Waals surface area contributed by atoms with Crippen LogP contribution < -0.4 is 15.4 Å². The van der Waals surface area contributed by atoms with Crippen LogP contribution in [0.2, 0.25) is 0 Å². The van der Waals surface area contributed by atoms with Gasteiger partial charge in [-0.2, -0.15) is 0 Å². The van der Waals surface area contributed by atoms with Gasteiger partial charge in [0.05, 0.1) is 6.61 Å². The Labute approximate surface area is 132 Å². The number of carbonyl (C=O) groups is 2. The van der Waals surface area contributed by atoms with E-state index in [1.54, 1.807) is 0 Å². The van der Waals surface area contributed by atoms with E-state index >= 15 is 0 Å². The van der Waals surface area contributed by atoms with Crippen LogP contribution in [0.25, 0.3) is 0 Å². The van der Waals surface area contributed by atoms with Gasteiger partial charge in [0.15, 0.2) is 0 Å². The van der Waals surface area contributed by atoms with Gasteiger partial charge < -0.3 is 15.4 Å². The Bertz CT molecular complexity index is 480. The van der Waals surface area contributed by atoms with Crippen molar-refractivity contribution in [2.45, 2.75) is 31.7 Å². The van der Waals surface area contributed by atoms with E-state index in [-0.39, 0.29) is 17.9 Å². The van der Waals surface area contributed by atoms with Crippen LogP contribution >= 0.6 is 15.9 Å². The second-order valence-corrected chi connectivity index (χ2v) is 5.93. The Morgan fingerprint density at radius 1 is 1.38 bits per heavy atom. The highest BCUT2D eigenvalue weighted by molar-refractivity contribution is 9.10. The average Bonchev–Trinajstić information content (AvgIpc) is 2.48. The third-order valence-corrected chi connectivity index (χ3v) is 3.79. The number of nitrogens with one attached hydrogen (secondary N) is 2. The fourth-order valence-corrected chi connectivity index (χ4v) is 2.37. The van der Waals surface area contributed by atoms with Crippen molar-refractivity contribution in [3.8, 4) is 5.75 Å². The van der Waals surface area contributed by atoms with Crippen LogP contribution in [-0.4, -0.2) is 31.0 Å². The summed E-state index contributed by atoms with van der Waals surface area (Å²) in [5.41, 5.74) is 0. The van der Waals surface area contributed by atoms with Crippen LogP contribution in [0.5, 0.6) is 5.75 Å². The Kier molecular flexibility index (Phi) is 6.04. The highest BCUT2D eigenvalue weighted by Gasteiger charge is 2.19. The minimum Gasteiger partial charge on any atom is -0.494 e. The van der Waals surface area contributed by atoms with Gasteiger partial charge in [-0.1, -0.05) is 15.9 Å². The predicted octanol–water partition coefficient (Wildman–Crippen LogP) is 2.00. The zero-order valence-corrected chi connectivity index (χ0v) is 13.3. The highest BCUT2D eigenvalue weighted by atomic mass is 79.9. The number of carbonyl (C=O) groups excluding carboxylic acids is 2. The molecule has 0 saturated carbocycles. The number of hydrogen-bond acceptors (Lipinski definition) is 3. The van der Waals surface area contributed by atoms with Crippen molar-refractivity contribution < 1.29 is 14.3 Å². The smallest absolute Gasteiger partial charge is 0.220 e. The van der Waals surface area contributed by atoms with E-state index in [9.17, 15) is 9.59 Å². The van der Waals surface area contributed by atoms with Gasteiger partial charge in [-0.05, 0) is 37.1 Å². The summed E-state index contributed by atoms with van der Waals surface area (Å²) >= 11 is 3.36. The molecule has 6 heteroatoms. The van der Waals surface area contributed by atoms with E-state index in [2.05, 4.69) is 26.6 Å². The summed E-state index contributed by atoms with van der Waals surface area (Å²) in [6, 6.07) is 7.66. The number of ether oxygens (including phenoxy) is 1. The van der Waals surface area contributed by atoms with E-state index in [1.807, 2.05) is 24.3 Å². The lowest BCUT2D eigenvalue weighted by Gasteiger charge is -2.23. The van der Waals surface area contributed by atoms with E-state index in [1.165, 1.54) is 0 Å². The zero-order valence-electron chi connectivity index (χ0n) is 11.7. The van der Waals surface area contributed by atoms with Crippen molar-refractivity contribution in [3.05, 3.63) is 28.7 Å². The van der Waals surface area contributed by atoms with E-state index in [0.29, 0.717) is 38.8 Å². The quantitative estimate of drug-likeness (QED) is 0.767. The molecular weight excluding hydrogens is 336 g/mol. The summed E-state index contributed by atoms with van der Waals surface area (Å²) in [5.74, 6) is 0.868. The summed E-state index contributed by atoms with van der Waals surface area (Å²) in [5, 5.41) is 5.68. The second-order valence-electron chi connectivity index (χ2n) is 5.01. The summed E-state index contributed by atoms with van der Waals surface area (Å²) in [4.78, 5) is 22.8. The highest BCUT2D eigenvalue weighted by Crippen LogP contribution is 2.16. The maximum absolute atomic E-state index is 11.8. The van der Waals surface area contributed by atoms with E-state index < -0.39 is 0 Å². The maximum atomic E-state index is 11.8. The fraction of sp³-hybridized carbons (Fsp3) is 0.467. The molecule has 21 heavy (non-hydrogen) atoms. The topological polar surface area (TPSA) is 67.4 Å². The molecule has 1 atom stereocenters. The van der Waals surface area contributed by atoms with Crippen LogP contribution in [0.15, 0.2) is 28.7 Å². The number of piperidine rings is 1. The first-order chi connectivity index (χ1) is 10.1. The first kappa shape index (κ1) is 15.8. The number of halogens is 1. The molecule has 1 aromatic rings. The van der Waals surface area contributed by atoms with Crippen LogP contribution in [0.4, 0.5) is 0 Å². The Morgan fingerprint density at radius 3 is 2.81 bits per heavy atom. The molecule has 2 N–H and O–H groups in total. The normalized spacial score (nSPS) is 18.0. The van der Waals surface area contributed by atoms with Crippen molar-refractivity contribution >= 4 is 27.7 Å². The molecule has 0 radical (unpaired) electrons. The Hall–Kier alpha value is -1.56. The van der Waals surface area contributed by atoms with Crippen molar-refractivity contribution in [3.63, 3.8) is 0 Å². The third kappa shape index (κ3) is 5.75. The third-order valence-electron chi connectivity index (χ3n) is 3.26. The largest absolute Gasteiger partial charge is 0.494 e. The van der Waals surface area contributed by atoms with Crippen molar-refractivity contribution in [2.75, 3.05) is 13.2 Å². The fourth-order valence-electron chi connectivity index (χ4n) is 2.11. The second kappa shape index (κ2) is 8.02. The standard InChI is InChI=1S/C15H19BrN2O3/c16-11-3-6-13(7-4-11)21-9-1-2-15(20)18-12-5-8-14(19)17-10-12/h3-4,6-7,12H,1-2,5,8-10H2,(H,17,19)(H,18,20). The van der Waals surface area contributed by atoms with Crippen molar-refractivity contribution in [1.29, 1.82) is 0 Å². The summed E-state index contributed by atoms with van der Waals surface area (Å²) in [7, 11) is 0. The van der Waals surface area contributed by atoms with Crippen molar-refractivity contribution in [1.82, 2.24) is 10.6 Å². The minimum atomic E-state index is 0.00977. The molecule has 1 heterocycles. The van der Waals surface area contributed by atoms with Crippen LogP contribution in [0.3, 0.4) is 0 Å². The first-order valence-electron chi connectivity index (χ1n) is 7.08. The molecule has 5 nitrogen and oxygen atoms in total. The summed E-state index contributed by atoms with van der Waals surface area (Å²) in [6.45, 7) is 1.04. The molecule has 1 aromatic carbocycles. The van der Waals surface area contributed by atoms with Gasteiger partial charge in [-0.3, -0.25) is 9.59 Å². The summed E-state index contributed by atoms with van der Waals surface area (Å²) < 4.78 is 6.57. The van der Waals surface area contributed by atoms with Gasteiger partial charge in [0.1, 0.15) is 5.75 Å². The van der Waals surface area contributed by atoms with Gasteiger partial charge in [0.25, 0.3) is 0 Å². The molecule has 2 amide bonds. The molecular formula is C15H19BrN2O3.